The molecular weight excluding hydrogens is 170 g/mol. The molecule has 1 heterocycles. The van der Waals surface area contributed by atoms with Crippen molar-refractivity contribution in [2.45, 2.75) is 59.9 Å². The minimum absolute atomic E-state index is 0.403. The summed E-state index contributed by atoms with van der Waals surface area (Å²) in [7, 11) is 0. The van der Waals surface area contributed by atoms with Crippen LogP contribution in [-0.2, 0) is 0 Å². The third-order valence-electron chi connectivity index (χ3n) is 4.13. The van der Waals surface area contributed by atoms with Gasteiger partial charge in [0.1, 0.15) is 0 Å². The molecule has 0 aromatic carbocycles. The zero-order valence-corrected chi connectivity index (χ0v) is 10.9. The monoisotopic (exact) mass is 197 g/mol. The van der Waals surface area contributed by atoms with Gasteiger partial charge in [-0.1, -0.05) is 27.7 Å². The number of likely N-dealkylation sites (tertiary alicyclic amines) is 1. The summed E-state index contributed by atoms with van der Waals surface area (Å²) in [5.41, 5.74) is 0.887. The molecule has 1 aliphatic heterocycles. The van der Waals surface area contributed by atoms with E-state index in [1.54, 1.807) is 0 Å². The van der Waals surface area contributed by atoms with Gasteiger partial charge in [-0.3, -0.25) is 4.90 Å². The Morgan fingerprint density at radius 3 is 2.07 bits per heavy atom. The molecule has 0 N–H and O–H groups in total. The standard InChI is InChI=1S/C13H27N/c1-7-13(5,6)14-9-8-11(10-14)12(2,3)4/h11H,7-10H2,1-6H3. The summed E-state index contributed by atoms with van der Waals surface area (Å²) in [5.74, 6) is 0.883. The molecule has 1 nitrogen and oxygen atoms in total. The van der Waals surface area contributed by atoms with E-state index in [-0.39, 0.29) is 0 Å². The van der Waals surface area contributed by atoms with E-state index in [0.29, 0.717) is 11.0 Å². The van der Waals surface area contributed by atoms with Crippen molar-refractivity contribution in [1.82, 2.24) is 4.90 Å². The number of rotatable bonds is 2. The number of hydrogen-bond donors (Lipinski definition) is 0. The molecule has 0 aliphatic carbocycles. The highest BCUT2D eigenvalue weighted by molar-refractivity contribution is 4.90. The van der Waals surface area contributed by atoms with Gasteiger partial charge < -0.3 is 0 Å². The maximum atomic E-state index is 2.67. The summed E-state index contributed by atoms with van der Waals surface area (Å²) in [6.45, 7) is 16.8. The number of nitrogens with zero attached hydrogens (tertiary/aromatic N) is 1. The average molecular weight is 197 g/mol. The van der Waals surface area contributed by atoms with Crippen molar-refractivity contribution in [3.63, 3.8) is 0 Å². The van der Waals surface area contributed by atoms with E-state index < -0.39 is 0 Å². The van der Waals surface area contributed by atoms with Gasteiger partial charge in [0.15, 0.2) is 0 Å². The number of hydrogen-bond acceptors (Lipinski definition) is 1. The molecule has 0 spiro atoms. The molecule has 14 heavy (non-hydrogen) atoms. The van der Waals surface area contributed by atoms with E-state index in [1.165, 1.54) is 25.9 Å². The molecule has 0 radical (unpaired) electrons. The Hall–Kier alpha value is -0.0400. The first-order chi connectivity index (χ1) is 6.27. The molecule has 1 aliphatic rings. The van der Waals surface area contributed by atoms with Crippen molar-refractivity contribution in [3.05, 3.63) is 0 Å². The van der Waals surface area contributed by atoms with Crippen LogP contribution in [0.2, 0.25) is 0 Å². The van der Waals surface area contributed by atoms with Crippen LogP contribution in [-0.4, -0.2) is 23.5 Å². The van der Waals surface area contributed by atoms with E-state index in [0.717, 1.165) is 5.92 Å². The smallest absolute Gasteiger partial charge is 0.0150 e. The third-order valence-corrected chi connectivity index (χ3v) is 4.13. The first-order valence-corrected chi connectivity index (χ1v) is 6.02. The highest BCUT2D eigenvalue weighted by Gasteiger charge is 2.36. The summed E-state index contributed by atoms with van der Waals surface area (Å²) in [4.78, 5) is 2.67. The first kappa shape index (κ1) is 12.0. The quantitative estimate of drug-likeness (QED) is 0.654. The van der Waals surface area contributed by atoms with Crippen LogP contribution in [0.3, 0.4) is 0 Å². The zero-order valence-electron chi connectivity index (χ0n) is 10.9. The van der Waals surface area contributed by atoms with Gasteiger partial charge in [-0.15, -0.1) is 0 Å². The second-order valence-electron chi connectivity index (χ2n) is 6.46. The lowest BCUT2D eigenvalue weighted by molar-refractivity contribution is 0.129. The predicted octanol–water partition coefficient (Wildman–Crippen LogP) is 3.54. The fourth-order valence-electron chi connectivity index (χ4n) is 2.24. The van der Waals surface area contributed by atoms with Crippen LogP contribution in [0, 0.1) is 11.3 Å². The van der Waals surface area contributed by atoms with Crippen LogP contribution in [0.25, 0.3) is 0 Å². The van der Waals surface area contributed by atoms with E-state index in [4.69, 9.17) is 0 Å². The molecule has 1 fully saturated rings. The first-order valence-electron chi connectivity index (χ1n) is 6.02. The Kier molecular flexibility index (Phi) is 3.30. The maximum absolute atomic E-state index is 2.67. The fraction of sp³-hybridized carbons (Fsp3) is 1.00. The van der Waals surface area contributed by atoms with E-state index in [1.807, 2.05) is 0 Å². The molecule has 1 heteroatoms. The molecular formula is C13H27N. The van der Waals surface area contributed by atoms with Crippen molar-refractivity contribution in [2.24, 2.45) is 11.3 Å². The van der Waals surface area contributed by atoms with Crippen molar-refractivity contribution in [2.75, 3.05) is 13.1 Å². The molecule has 1 rings (SSSR count). The third kappa shape index (κ3) is 2.50. The minimum Gasteiger partial charge on any atom is -0.298 e. The molecule has 0 bridgehead atoms. The molecule has 0 aromatic rings. The highest BCUT2D eigenvalue weighted by atomic mass is 15.2. The van der Waals surface area contributed by atoms with Gasteiger partial charge in [0.25, 0.3) is 0 Å². The van der Waals surface area contributed by atoms with Gasteiger partial charge in [0.05, 0.1) is 0 Å². The van der Waals surface area contributed by atoms with Crippen LogP contribution < -0.4 is 0 Å². The maximum Gasteiger partial charge on any atom is 0.0150 e. The van der Waals surface area contributed by atoms with Gasteiger partial charge in [-0.25, -0.2) is 0 Å². The van der Waals surface area contributed by atoms with Crippen LogP contribution >= 0.6 is 0 Å². The molecule has 0 amide bonds. The highest BCUT2D eigenvalue weighted by Crippen LogP contribution is 2.36. The minimum atomic E-state index is 0.403. The molecule has 1 unspecified atom stereocenters. The summed E-state index contributed by atoms with van der Waals surface area (Å²) in [5, 5.41) is 0. The lowest BCUT2D eigenvalue weighted by atomic mass is 9.80. The Morgan fingerprint density at radius 1 is 1.14 bits per heavy atom. The second-order valence-corrected chi connectivity index (χ2v) is 6.46. The van der Waals surface area contributed by atoms with Crippen molar-refractivity contribution in [3.8, 4) is 0 Å². The normalized spacial score (nSPS) is 25.7. The second kappa shape index (κ2) is 3.84. The Labute approximate surface area is 89.9 Å². The summed E-state index contributed by atoms with van der Waals surface area (Å²) < 4.78 is 0. The lowest BCUT2D eigenvalue weighted by Crippen LogP contribution is -2.42. The lowest BCUT2D eigenvalue weighted by Gasteiger charge is -2.36. The summed E-state index contributed by atoms with van der Waals surface area (Å²) in [6, 6.07) is 0. The molecule has 0 saturated carbocycles. The molecule has 1 atom stereocenters. The molecule has 84 valence electrons. The summed E-state index contributed by atoms with van der Waals surface area (Å²) in [6.07, 6.45) is 2.64. The average Bonchev–Trinajstić information content (AvgIpc) is 2.51. The Morgan fingerprint density at radius 2 is 1.71 bits per heavy atom. The van der Waals surface area contributed by atoms with Gasteiger partial charge in [-0.2, -0.15) is 0 Å². The van der Waals surface area contributed by atoms with E-state index >= 15 is 0 Å². The largest absolute Gasteiger partial charge is 0.298 e. The fourth-order valence-corrected chi connectivity index (χ4v) is 2.24. The molecule has 0 aromatic heterocycles. The van der Waals surface area contributed by atoms with Gasteiger partial charge in [-0.05, 0) is 44.6 Å². The van der Waals surface area contributed by atoms with Gasteiger partial charge in [0.2, 0.25) is 0 Å². The van der Waals surface area contributed by atoms with E-state index in [2.05, 4.69) is 46.4 Å². The van der Waals surface area contributed by atoms with E-state index in [9.17, 15) is 0 Å². The van der Waals surface area contributed by atoms with Gasteiger partial charge in [0, 0.05) is 12.1 Å². The predicted molar refractivity (Wildman–Crippen MR) is 63.5 cm³/mol. The van der Waals surface area contributed by atoms with Crippen LogP contribution in [0.4, 0.5) is 0 Å². The van der Waals surface area contributed by atoms with Gasteiger partial charge >= 0.3 is 0 Å². The SMILES string of the molecule is CCC(C)(C)N1CCC(C(C)(C)C)C1. The molecule has 1 saturated heterocycles. The Balaban J connectivity index is 2.58. The van der Waals surface area contributed by atoms with Crippen molar-refractivity contribution in [1.29, 1.82) is 0 Å². The topological polar surface area (TPSA) is 3.24 Å². The van der Waals surface area contributed by atoms with Crippen molar-refractivity contribution < 1.29 is 0 Å². The zero-order chi connectivity index (χ0) is 11.0. The van der Waals surface area contributed by atoms with Crippen LogP contribution in [0.1, 0.15) is 54.4 Å². The summed E-state index contributed by atoms with van der Waals surface area (Å²) >= 11 is 0. The Bertz CT molecular complexity index is 188. The van der Waals surface area contributed by atoms with Crippen LogP contribution in [0.15, 0.2) is 0 Å². The van der Waals surface area contributed by atoms with Crippen LogP contribution in [0.5, 0.6) is 0 Å². The van der Waals surface area contributed by atoms with Crippen molar-refractivity contribution >= 4 is 0 Å².